The van der Waals surface area contributed by atoms with Gasteiger partial charge in [0.15, 0.2) is 0 Å². The zero-order valence-electron chi connectivity index (χ0n) is 7.51. The SMILES string of the molecule is CCC(N)(CCC#N)CCC#N. The number of nitrogens with two attached hydrogens (primary N) is 1. The summed E-state index contributed by atoms with van der Waals surface area (Å²) in [6, 6.07) is 4.14. The largest absolute Gasteiger partial charge is 0.325 e. The van der Waals surface area contributed by atoms with Crippen molar-refractivity contribution < 1.29 is 0 Å². The maximum atomic E-state index is 8.38. The van der Waals surface area contributed by atoms with E-state index in [4.69, 9.17) is 16.3 Å². The zero-order chi connectivity index (χ0) is 9.45. The lowest BCUT2D eigenvalue weighted by atomic mass is 9.87. The van der Waals surface area contributed by atoms with Crippen molar-refractivity contribution in [1.82, 2.24) is 0 Å². The van der Waals surface area contributed by atoms with Crippen molar-refractivity contribution in [3.05, 3.63) is 0 Å². The van der Waals surface area contributed by atoms with Gasteiger partial charge < -0.3 is 5.73 Å². The van der Waals surface area contributed by atoms with Crippen molar-refractivity contribution in [1.29, 1.82) is 10.5 Å². The van der Waals surface area contributed by atoms with Crippen LogP contribution in [0.2, 0.25) is 0 Å². The van der Waals surface area contributed by atoms with Crippen molar-refractivity contribution in [3.63, 3.8) is 0 Å². The third-order valence-corrected chi connectivity index (χ3v) is 2.17. The minimum atomic E-state index is -0.300. The summed E-state index contributed by atoms with van der Waals surface area (Å²) in [5.74, 6) is 0. The first-order chi connectivity index (χ1) is 5.68. The molecule has 0 aromatic rings. The second kappa shape index (κ2) is 5.57. The first-order valence-corrected chi connectivity index (χ1v) is 4.21. The van der Waals surface area contributed by atoms with E-state index in [-0.39, 0.29) is 5.54 Å². The van der Waals surface area contributed by atoms with E-state index < -0.39 is 0 Å². The van der Waals surface area contributed by atoms with Crippen LogP contribution in [0.4, 0.5) is 0 Å². The van der Waals surface area contributed by atoms with Gasteiger partial charge in [-0.15, -0.1) is 0 Å². The molecule has 0 bridgehead atoms. The molecule has 0 aromatic heterocycles. The summed E-state index contributed by atoms with van der Waals surface area (Å²) in [4.78, 5) is 0. The van der Waals surface area contributed by atoms with Crippen molar-refractivity contribution in [2.75, 3.05) is 0 Å². The molecule has 3 heteroatoms. The van der Waals surface area contributed by atoms with Gasteiger partial charge in [0.2, 0.25) is 0 Å². The molecule has 12 heavy (non-hydrogen) atoms. The van der Waals surface area contributed by atoms with Crippen LogP contribution >= 0.6 is 0 Å². The fourth-order valence-electron chi connectivity index (χ4n) is 1.09. The van der Waals surface area contributed by atoms with E-state index in [0.29, 0.717) is 25.7 Å². The first-order valence-electron chi connectivity index (χ1n) is 4.21. The molecule has 0 amide bonds. The highest BCUT2D eigenvalue weighted by atomic mass is 14.7. The second-order valence-corrected chi connectivity index (χ2v) is 3.03. The number of nitriles is 2. The van der Waals surface area contributed by atoms with Crippen molar-refractivity contribution in [3.8, 4) is 12.1 Å². The lowest BCUT2D eigenvalue weighted by Gasteiger charge is -2.25. The molecule has 2 N–H and O–H groups in total. The van der Waals surface area contributed by atoms with Gasteiger partial charge in [0, 0.05) is 18.4 Å². The van der Waals surface area contributed by atoms with Crippen LogP contribution in [0.25, 0.3) is 0 Å². The third kappa shape index (κ3) is 3.95. The summed E-state index contributed by atoms with van der Waals surface area (Å²) in [7, 11) is 0. The predicted octanol–water partition coefficient (Wildman–Crippen LogP) is 1.70. The van der Waals surface area contributed by atoms with Crippen LogP contribution in [0.15, 0.2) is 0 Å². The fraction of sp³-hybridized carbons (Fsp3) is 0.778. The predicted molar refractivity (Wildman–Crippen MR) is 46.9 cm³/mol. The fourth-order valence-corrected chi connectivity index (χ4v) is 1.09. The van der Waals surface area contributed by atoms with Gasteiger partial charge in [0.25, 0.3) is 0 Å². The van der Waals surface area contributed by atoms with E-state index in [1.54, 1.807) is 0 Å². The molecule has 0 unspecified atom stereocenters. The highest BCUT2D eigenvalue weighted by Crippen LogP contribution is 2.19. The highest BCUT2D eigenvalue weighted by molar-refractivity contribution is 4.89. The van der Waals surface area contributed by atoms with Gasteiger partial charge in [0.05, 0.1) is 12.1 Å². The van der Waals surface area contributed by atoms with E-state index in [1.165, 1.54) is 0 Å². The van der Waals surface area contributed by atoms with Gasteiger partial charge in [0.1, 0.15) is 0 Å². The Hall–Kier alpha value is -1.06. The highest BCUT2D eigenvalue weighted by Gasteiger charge is 2.21. The standard InChI is InChI=1S/C9H15N3/c1-2-9(12,5-3-7-10)6-4-8-11/h2-6,12H2,1H3. The molecular weight excluding hydrogens is 150 g/mol. The Morgan fingerprint density at radius 2 is 1.58 bits per heavy atom. The van der Waals surface area contributed by atoms with Crippen LogP contribution in [0.5, 0.6) is 0 Å². The molecule has 0 aliphatic rings. The van der Waals surface area contributed by atoms with Gasteiger partial charge in [-0.25, -0.2) is 0 Å². The van der Waals surface area contributed by atoms with Crippen molar-refractivity contribution in [2.45, 2.75) is 44.6 Å². The summed E-state index contributed by atoms with van der Waals surface area (Å²) in [6.07, 6.45) is 3.19. The smallest absolute Gasteiger partial charge is 0.0622 e. The number of nitrogens with zero attached hydrogens (tertiary/aromatic N) is 2. The topological polar surface area (TPSA) is 73.6 Å². The average Bonchev–Trinajstić information content (AvgIpc) is 2.11. The van der Waals surface area contributed by atoms with Crippen molar-refractivity contribution >= 4 is 0 Å². The molecule has 0 aliphatic heterocycles. The van der Waals surface area contributed by atoms with Gasteiger partial charge in [-0.3, -0.25) is 0 Å². The molecule has 0 saturated carbocycles. The molecule has 0 spiro atoms. The summed E-state index contributed by atoms with van der Waals surface area (Å²) in [5.41, 5.74) is 5.67. The molecule has 0 heterocycles. The van der Waals surface area contributed by atoms with Crippen LogP contribution in [-0.4, -0.2) is 5.54 Å². The van der Waals surface area contributed by atoms with Crippen LogP contribution in [0, 0.1) is 22.7 Å². The Morgan fingerprint density at radius 1 is 1.17 bits per heavy atom. The van der Waals surface area contributed by atoms with Gasteiger partial charge in [-0.1, -0.05) is 6.92 Å². The van der Waals surface area contributed by atoms with Gasteiger partial charge >= 0.3 is 0 Å². The normalized spacial score (nSPS) is 10.3. The summed E-state index contributed by atoms with van der Waals surface area (Å²) in [5, 5.41) is 16.8. The van der Waals surface area contributed by atoms with E-state index >= 15 is 0 Å². The number of hydrogen-bond donors (Lipinski definition) is 1. The Morgan fingerprint density at radius 3 is 1.83 bits per heavy atom. The summed E-state index contributed by atoms with van der Waals surface area (Å²) >= 11 is 0. The lowest BCUT2D eigenvalue weighted by molar-refractivity contribution is 0.361. The van der Waals surface area contributed by atoms with Crippen molar-refractivity contribution in [2.24, 2.45) is 5.73 Å². The van der Waals surface area contributed by atoms with Crippen LogP contribution in [-0.2, 0) is 0 Å². The molecule has 0 rings (SSSR count). The molecule has 3 nitrogen and oxygen atoms in total. The van der Waals surface area contributed by atoms with Crippen LogP contribution in [0.3, 0.4) is 0 Å². The maximum Gasteiger partial charge on any atom is 0.0622 e. The van der Waals surface area contributed by atoms with Crippen LogP contribution in [0.1, 0.15) is 39.0 Å². The molecule has 0 saturated heterocycles. The lowest BCUT2D eigenvalue weighted by Crippen LogP contribution is -2.38. The monoisotopic (exact) mass is 165 g/mol. The Balaban J connectivity index is 3.90. The maximum absolute atomic E-state index is 8.38. The van der Waals surface area contributed by atoms with E-state index in [0.717, 1.165) is 6.42 Å². The average molecular weight is 165 g/mol. The van der Waals surface area contributed by atoms with E-state index in [9.17, 15) is 0 Å². The first kappa shape index (κ1) is 10.9. The molecular formula is C9H15N3. The Kier molecular flexibility index (Phi) is 5.08. The number of rotatable bonds is 5. The summed E-state index contributed by atoms with van der Waals surface area (Å²) < 4.78 is 0. The Bertz CT molecular complexity index is 179. The molecule has 0 aromatic carbocycles. The Labute approximate surface area is 73.8 Å². The van der Waals surface area contributed by atoms with Gasteiger partial charge in [-0.05, 0) is 19.3 Å². The van der Waals surface area contributed by atoms with E-state index in [1.807, 2.05) is 6.92 Å². The zero-order valence-corrected chi connectivity index (χ0v) is 7.51. The molecule has 0 atom stereocenters. The van der Waals surface area contributed by atoms with Gasteiger partial charge in [-0.2, -0.15) is 10.5 Å². The minimum absolute atomic E-state index is 0.300. The van der Waals surface area contributed by atoms with Crippen LogP contribution < -0.4 is 5.73 Å². The number of hydrogen-bond acceptors (Lipinski definition) is 3. The van der Waals surface area contributed by atoms with E-state index in [2.05, 4.69) is 12.1 Å². The third-order valence-electron chi connectivity index (χ3n) is 2.17. The molecule has 0 radical (unpaired) electrons. The molecule has 0 fully saturated rings. The molecule has 66 valence electrons. The minimum Gasteiger partial charge on any atom is -0.325 e. The summed E-state index contributed by atoms with van der Waals surface area (Å²) in [6.45, 7) is 1.99. The second-order valence-electron chi connectivity index (χ2n) is 3.03. The molecule has 0 aliphatic carbocycles. The quantitative estimate of drug-likeness (QED) is 0.673.